The van der Waals surface area contributed by atoms with Crippen LogP contribution in [0.5, 0.6) is 5.88 Å². The molecule has 1 atom stereocenters. The summed E-state index contributed by atoms with van der Waals surface area (Å²) in [5.74, 6) is -1.12. The van der Waals surface area contributed by atoms with E-state index in [4.69, 9.17) is 4.74 Å². The highest BCUT2D eigenvalue weighted by Gasteiger charge is 2.22. The summed E-state index contributed by atoms with van der Waals surface area (Å²) in [4.78, 5) is 15.8. The minimum absolute atomic E-state index is 0.394. The number of carboxylic acids is 1. The summed E-state index contributed by atoms with van der Waals surface area (Å²) < 4.78 is 6.30. The van der Waals surface area contributed by atoms with Gasteiger partial charge in [-0.25, -0.2) is 4.98 Å². The molecule has 1 aromatic carbocycles. The van der Waals surface area contributed by atoms with Gasteiger partial charge in [0.25, 0.3) is 0 Å². The number of benzene rings is 1. The van der Waals surface area contributed by atoms with Crippen molar-refractivity contribution in [3.05, 3.63) is 58.2 Å². The van der Waals surface area contributed by atoms with E-state index in [1.165, 1.54) is 0 Å². The molecule has 110 valence electrons. The average molecular weight is 350 g/mol. The third kappa shape index (κ3) is 4.29. The second-order valence-corrected chi connectivity index (χ2v) is 5.47. The number of aliphatic carboxylic acids is 1. The predicted octanol–water partition coefficient (Wildman–Crippen LogP) is 3.65. The lowest BCUT2D eigenvalue weighted by atomic mass is 9.96. The zero-order valence-corrected chi connectivity index (χ0v) is 13.2. The largest absolute Gasteiger partial charge is 0.481 e. The summed E-state index contributed by atoms with van der Waals surface area (Å²) in [6, 6.07) is 12.8. The molecular weight excluding hydrogens is 334 g/mol. The average Bonchev–Trinajstić information content (AvgIpc) is 2.47. The maximum Gasteiger partial charge on any atom is 0.312 e. The van der Waals surface area contributed by atoms with Crippen molar-refractivity contribution in [2.24, 2.45) is 0 Å². The summed E-state index contributed by atoms with van der Waals surface area (Å²) >= 11 is 3.37. The highest BCUT2D eigenvalue weighted by Crippen LogP contribution is 2.23. The molecule has 0 radical (unpaired) electrons. The SMILES string of the molecule is CCOc1cccc(C(Cc2ccc(Br)cc2)C(=O)O)n1. The fraction of sp³-hybridized carbons (Fsp3) is 0.250. The quantitative estimate of drug-likeness (QED) is 0.864. The Kier molecular flexibility index (Phi) is 5.33. The standard InChI is InChI=1S/C16H16BrNO3/c1-2-21-15-5-3-4-14(18-15)13(16(19)20)10-11-6-8-12(17)9-7-11/h3-9,13H,2,10H2,1H3,(H,19,20). The summed E-state index contributed by atoms with van der Waals surface area (Å²) in [5.41, 5.74) is 1.46. The maximum atomic E-state index is 11.6. The molecule has 0 spiro atoms. The Morgan fingerprint density at radius 1 is 1.29 bits per heavy atom. The van der Waals surface area contributed by atoms with Gasteiger partial charge in [0, 0.05) is 10.5 Å². The zero-order chi connectivity index (χ0) is 15.2. The molecule has 0 aliphatic heterocycles. The smallest absolute Gasteiger partial charge is 0.312 e. The molecule has 21 heavy (non-hydrogen) atoms. The van der Waals surface area contributed by atoms with E-state index >= 15 is 0 Å². The lowest BCUT2D eigenvalue weighted by Gasteiger charge is -2.13. The molecule has 0 aliphatic rings. The van der Waals surface area contributed by atoms with Crippen LogP contribution in [0.3, 0.4) is 0 Å². The van der Waals surface area contributed by atoms with E-state index in [2.05, 4.69) is 20.9 Å². The van der Waals surface area contributed by atoms with Crippen LogP contribution in [-0.4, -0.2) is 22.7 Å². The van der Waals surface area contributed by atoms with Gasteiger partial charge in [0.05, 0.1) is 12.3 Å². The van der Waals surface area contributed by atoms with Crippen molar-refractivity contribution in [2.45, 2.75) is 19.3 Å². The van der Waals surface area contributed by atoms with Crippen LogP contribution in [0.4, 0.5) is 0 Å². The van der Waals surface area contributed by atoms with Crippen molar-refractivity contribution in [1.29, 1.82) is 0 Å². The fourth-order valence-electron chi connectivity index (χ4n) is 2.03. The Labute approximate surface area is 131 Å². The summed E-state index contributed by atoms with van der Waals surface area (Å²) in [6.07, 6.45) is 0.394. The Hall–Kier alpha value is -1.88. The van der Waals surface area contributed by atoms with Gasteiger partial charge in [-0.3, -0.25) is 4.79 Å². The maximum absolute atomic E-state index is 11.6. The monoisotopic (exact) mass is 349 g/mol. The summed E-state index contributed by atoms with van der Waals surface area (Å²) in [6.45, 7) is 2.37. The van der Waals surface area contributed by atoms with E-state index in [-0.39, 0.29) is 0 Å². The molecule has 5 heteroatoms. The molecule has 0 saturated heterocycles. The Morgan fingerprint density at radius 2 is 2.00 bits per heavy atom. The van der Waals surface area contributed by atoms with Crippen LogP contribution < -0.4 is 4.74 Å². The van der Waals surface area contributed by atoms with E-state index in [0.717, 1.165) is 10.0 Å². The third-order valence-electron chi connectivity index (χ3n) is 3.05. The van der Waals surface area contributed by atoms with Crippen LogP contribution >= 0.6 is 15.9 Å². The van der Waals surface area contributed by atoms with Gasteiger partial charge in [-0.05, 0) is 37.1 Å². The highest BCUT2D eigenvalue weighted by molar-refractivity contribution is 9.10. The summed E-state index contributed by atoms with van der Waals surface area (Å²) in [7, 11) is 0. The van der Waals surface area contributed by atoms with Gasteiger partial charge in [0.15, 0.2) is 0 Å². The van der Waals surface area contributed by atoms with Gasteiger partial charge < -0.3 is 9.84 Å². The molecule has 4 nitrogen and oxygen atoms in total. The van der Waals surface area contributed by atoms with Crippen molar-refractivity contribution in [3.63, 3.8) is 0 Å². The molecule has 1 aromatic heterocycles. The predicted molar refractivity (Wildman–Crippen MR) is 83.6 cm³/mol. The number of nitrogens with zero attached hydrogens (tertiary/aromatic N) is 1. The van der Waals surface area contributed by atoms with Crippen molar-refractivity contribution >= 4 is 21.9 Å². The van der Waals surface area contributed by atoms with Gasteiger partial charge in [-0.2, -0.15) is 0 Å². The number of hydrogen-bond acceptors (Lipinski definition) is 3. The Bertz CT molecular complexity index is 613. The number of carbonyl (C=O) groups is 1. The molecular formula is C16H16BrNO3. The van der Waals surface area contributed by atoms with Gasteiger partial charge in [-0.15, -0.1) is 0 Å². The number of hydrogen-bond donors (Lipinski definition) is 1. The van der Waals surface area contributed by atoms with Gasteiger partial charge in [-0.1, -0.05) is 34.1 Å². The van der Waals surface area contributed by atoms with Crippen molar-refractivity contribution in [2.75, 3.05) is 6.61 Å². The Balaban J connectivity index is 2.24. The van der Waals surface area contributed by atoms with E-state index in [0.29, 0.717) is 24.6 Å². The van der Waals surface area contributed by atoms with E-state index in [1.807, 2.05) is 31.2 Å². The number of aromatic nitrogens is 1. The minimum Gasteiger partial charge on any atom is -0.481 e. The lowest BCUT2D eigenvalue weighted by molar-refractivity contribution is -0.138. The number of carboxylic acid groups (broad SMARTS) is 1. The molecule has 0 amide bonds. The van der Waals surface area contributed by atoms with Crippen LogP contribution in [0.2, 0.25) is 0 Å². The molecule has 1 unspecified atom stereocenters. The number of pyridine rings is 1. The van der Waals surface area contributed by atoms with Crippen LogP contribution in [-0.2, 0) is 11.2 Å². The minimum atomic E-state index is -0.890. The Morgan fingerprint density at radius 3 is 2.62 bits per heavy atom. The van der Waals surface area contributed by atoms with E-state index in [1.54, 1.807) is 18.2 Å². The van der Waals surface area contributed by atoms with E-state index < -0.39 is 11.9 Å². The van der Waals surface area contributed by atoms with Gasteiger partial charge in [0.1, 0.15) is 5.92 Å². The van der Waals surface area contributed by atoms with Crippen molar-refractivity contribution in [3.8, 4) is 5.88 Å². The second-order valence-electron chi connectivity index (χ2n) is 4.56. The van der Waals surface area contributed by atoms with Crippen molar-refractivity contribution < 1.29 is 14.6 Å². The summed E-state index contributed by atoms with van der Waals surface area (Å²) in [5, 5.41) is 9.47. The third-order valence-corrected chi connectivity index (χ3v) is 3.57. The number of ether oxygens (including phenoxy) is 1. The molecule has 1 heterocycles. The first-order valence-electron chi connectivity index (χ1n) is 6.67. The number of rotatable bonds is 6. The first-order valence-corrected chi connectivity index (χ1v) is 7.46. The zero-order valence-electron chi connectivity index (χ0n) is 11.6. The topological polar surface area (TPSA) is 59.4 Å². The first kappa shape index (κ1) is 15.5. The van der Waals surface area contributed by atoms with Crippen LogP contribution in [0.1, 0.15) is 24.1 Å². The van der Waals surface area contributed by atoms with Crippen LogP contribution in [0.25, 0.3) is 0 Å². The molecule has 1 N–H and O–H groups in total. The number of halogens is 1. The second kappa shape index (κ2) is 7.22. The first-order chi connectivity index (χ1) is 10.1. The highest BCUT2D eigenvalue weighted by atomic mass is 79.9. The molecule has 0 aliphatic carbocycles. The molecule has 2 aromatic rings. The molecule has 0 fully saturated rings. The molecule has 2 rings (SSSR count). The molecule has 0 bridgehead atoms. The van der Waals surface area contributed by atoms with Gasteiger partial charge in [0.2, 0.25) is 5.88 Å². The lowest BCUT2D eigenvalue weighted by Crippen LogP contribution is -2.16. The van der Waals surface area contributed by atoms with Crippen molar-refractivity contribution in [1.82, 2.24) is 4.98 Å². The normalized spacial score (nSPS) is 11.9. The van der Waals surface area contributed by atoms with E-state index in [9.17, 15) is 9.90 Å². The molecule has 0 saturated carbocycles. The van der Waals surface area contributed by atoms with Gasteiger partial charge >= 0.3 is 5.97 Å². The fourth-order valence-corrected chi connectivity index (χ4v) is 2.29. The van der Waals surface area contributed by atoms with Crippen LogP contribution in [0, 0.1) is 0 Å². The van der Waals surface area contributed by atoms with Crippen LogP contribution in [0.15, 0.2) is 46.9 Å².